The van der Waals surface area contributed by atoms with Crippen molar-refractivity contribution in [2.45, 2.75) is 25.3 Å². The Kier molecular flexibility index (Phi) is 0.876. The molecule has 1 unspecified atom stereocenters. The van der Waals surface area contributed by atoms with Gasteiger partial charge in [-0.15, -0.1) is 0 Å². The van der Waals surface area contributed by atoms with Crippen molar-refractivity contribution < 1.29 is 9.53 Å². The van der Waals surface area contributed by atoms with E-state index < -0.39 is 0 Å². The second kappa shape index (κ2) is 1.61. The lowest BCUT2D eigenvalue weighted by atomic mass is 10.0. The molecular formula is C8H11NO2. The lowest BCUT2D eigenvalue weighted by Gasteiger charge is -2.11. The fourth-order valence-electron chi connectivity index (χ4n) is 2.29. The summed E-state index contributed by atoms with van der Waals surface area (Å²) in [5.74, 6) is 0.361. The zero-order valence-corrected chi connectivity index (χ0v) is 6.38. The molecule has 3 nitrogen and oxygen atoms in total. The predicted octanol–water partition coefficient (Wildman–Crippen LogP) is 0.355. The maximum absolute atomic E-state index is 11.6. The molecule has 0 aromatic heterocycles. The van der Waals surface area contributed by atoms with Crippen LogP contribution in [0.3, 0.4) is 0 Å². The van der Waals surface area contributed by atoms with Crippen LogP contribution in [0.15, 0.2) is 0 Å². The van der Waals surface area contributed by atoms with Crippen molar-refractivity contribution >= 4 is 5.91 Å². The first kappa shape index (κ1) is 6.00. The lowest BCUT2D eigenvalue weighted by Crippen LogP contribution is -2.29. The Bertz CT molecular complexity index is 222. The molecule has 0 aromatic carbocycles. The molecule has 0 N–H and O–H groups in total. The van der Waals surface area contributed by atoms with Gasteiger partial charge in [0, 0.05) is 0 Å². The highest BCUT2D eigenvalue weighted by Gasteiger charge is 2.60. The third kappa shape index (κ3) is 0.601. The van der Waals surface area contributed by atoms with Crippen LogP contribution in [-0.2, 0) is 9.53 Å². The van der Waals surface area contributed by atoms with Gasteiger partial charge in [-0.2, -0.15) is 0 Å². The summed E-state index contributed by atoms with van der Waals surface area (Å²) >= 11 is 0. The van der Waals surface area contributed by atoms with Crippen molar-refractivity contribution in [2.24, 2.45) is 5.41 Å². The summed E-state index contributed by atoms with van der Waals surface area (Å²) in [6, 6.07) is 0.421. The molecule has 1 aliphatic carbocycles. The van der Waals surface area contributed by atoms with Crippen LogP contribution >= 0.6 is 0 Å². The quantitative estimate of drug-likeness (QED) is 0.502. The number of hydrogen-bond acceptors (Lipinski definition) is 2. The Labute approximate surface area is 65.3 Å². The van der Waals surface area contributed by atoms with Gasteiger partial charge in [0.05, 0.1) is 18.1 Å². The molecule has 2 heterocycles. The fourth-order valence-corrected chi connectivity index (χ4v) is 2.29. The number of amides is 1. The summed E-state index contributed by atoms with van der Waals surface area (Å²) in [5, 5.41) is 0. The van der Waals surface area contributed by atoms with Gasteiger partial charge in [-0.3, -0.25) is 4.79 Å². The summed E-state index contributed by atoms with van der Waals surface area (Å²) < 4.78 is 5.21. The molecule has 2 saturated heterocycles. The maximum atomic E-state index is 11.6. The first-order valence-electron chi connectivity index (χ1n) is 4.21. The molecule has 0 aromatic rings. The average Bonchev–Trinajstić information content (AvgIpc) is 2.53. The highest BCUT2D eigenvalue weighted by atomic mass is 16.5. The molecule has 0 radical (unpaired) electrons. The largest absolute Gasteiger partial charge is 0.359 e. The summed E-state index contributed by atoms with van der Waals surface area (Å²) in [5.41, 5.74) is 0.106. The van der Waals surface area contributed by atoms with E-state index in [0.717, 1.165) is 25.9 Å². The van der Waals surface area contributed by atoms with Crippen LogP contribution in [0.2, 0.25) is 0 Å². The van der Waals surface area contributed by atoms with Crippen molar-refractivity contribution in [1.82, 2.24) is 4.90 Å². The smallest absolute Gasteiger partial charge is 0.231 e. The van der Waals surface area contributed by atoms with Crippen LogP contribution in [-0.4, -0.2) is 30.2 Å². The molecule has 1 atom stereocenters. The molecule has 11 heavy (non-hydrogen) atoms. The molecule has 3 heteroatoms. The van der Waals surface area contributed by atoms with Crippen LogP contribution in [0.5, 0.6) is 0 Å². The highest BCUT2D eigenvalue weighted by molar-refractivity contribution is 5.88. The van der Waals surface area contributed by atoms with E-state index in [4.69, 9.17) is 4.74 Å². The predicted molar refractivity (Wildman–Crippen MR) is 37.7 cm³/mol. The minimum atomic E-state index is 0.106. The number of carbonyl (C=O) groups excluding carboxylic acids is 1. The monoisotopic (exact) mass is 153 g/mol. The zero-order valence-electron chi connectivity index (χ0n) is 6.38. The van der Waals surface area contributed by atoms with Gasteiger partial charge < -0.3 is 9.64 Å². The van der Waals surface area contributed by atoms with E-state index in [1.165, 1.54) is 0 Å². The van der Waals surface area contributed by atoms with E-state index in [9.17, 15) is 4.79 Å². The molecule has 3 fully saturated rings. The second-order valence-electron chi connectivity index (χ2n) is 3.91. The Morgan fingerprint density at radius 3 is 3.00 bits per heavy atom. The molecule has 2 aliphatic heterocycles. The molecule has 1 spiro atoms. The minimum absolute atomic E-state index is 0.106. The van der Waals surface area contributed by atoms with Crippen molar-refractivity contribution in [3.05, 3.63) is 0 Å². The summed E-state index contributed by atoms with van der Waals surface area (Å²) in [7, 11) is 0. The van der Waals surface area contributed by atoms with Gasteiger partial charge in [0.15, 0.2) is 0 Å². The van der Waals surface area contributed by atoms with Crippen LogP contribution in [0, 0.1) is 5.41 Å². The van der Waals surface area contributed by atoms with Crippen molar-refractivity contribution in [1.29, 1.82) is 0 Å². The van der Waals surface area contributed by atoms with E-state index >= 15 is 0 Å². The Morgan fingerprint density at radius 2 is 2.36 bits per heavy atom. The molecule has 3 aliphatic rings. The van der Waals surface area contributed by atoms with Crippen LogP contribution in [0.4, 0.5) is 0 Å². The van der Waals surface area contributed by atoms with E-state index in [1.807, 2.05) is 4.90 Å². The molecule has 60 valence electrons. The van der Waals surface area contributed by atoms with Crippen LogP contribution < -0.4 is 0 Å². The fraction of sp³-hybridized carbons (Fsp3) is 0.875. The number of carbonyl (C=O) groups is 1. The second-order valence-corrected chi connectivity index (χ2v) is 3.91. The minimum Gasteiger partial charge on any atom is -0.359 e. The summed E-state index contributed by atoms with van der Waals surface area (Å²) in [4.78, 5) is 13.5. The van der Waals surface area contributed by atoms with Gasteiger partial charge in [0.1, 0.15) is 6.73 Å². The van der Waals surface area contributed by atoms with Crippen molar-refractivity contribution in [3.63, 3.8) is 0 Å². The average molecular weight is 153 g/mol. The van der Waals surface area contributed by atoms with Crippen molar-refractivity contribution in [2.75, 3.05) is 13.3 Å². The Hall–Kier alpha value is -0.570. The van der Waals surface area contributed by atoms with E-state index in [-0.39, 0.29) is 5.41 Å². The van der Waals surface area contributed by atoms with E-state index in [0.29, 0.717) is 18.7 Å². The van der Waals surface area contributed by atoms with Gasteiger partial charge in [-0.1, -0.05) is 0 Å². The number of nitrogens with zero attached hydrogens (tertiary/aromatic N) is 1. The normalized spacial score (nSPS) is 38.4. The van der Waals surface area contributed by atoms with Gasteiger partial charge in [-0.25, -0.2) is 0 Å². The first-order valence-corrected chi connectivity index (χ1v) is 4.21. The Balaban J connectivity index is 1.94. The maximum Gasteiger partial charge on any atom is 0.231 e. The number of fused-ring (bicyclic) bond motifs is 1. The Morgan fingerprint density at radius 1 is 1.55 bits per heavy atom. The van der Waals surface area contributed by atoms with E-state index in [2.05, 4.69) is 0 Å². The summed E-state index contributed by atoms with van der Waals surface area (Å²) in [6.07, 6.45) is 3.31. The molecule has 1 saturated carbocycles. The third-order valence-electron chi connectivity index (χ3n) is 3.18. The van der Waals surface area contributed by atoms with Gasteiger partial charge >= 0.3 is 0 Å². The third-order valence-corrected chi connectivity index (χ3v) is 3.18. The van der Waals surface area contributed by atoms with Crippen molar-refractivity contribution in [3.8, 4) is 0 Å². The van der Waals surface area contributed by atoms with Gasteiger partial charge in [0.25, 0.3) is 0 Å². The lowest BCUT2D eigenvalue weighted by molar-refractivity contribution is -0.133. The van der Waals surface area contributed by atoms with Gasteiger partial charge in [0.2, 0.25) is 5.91 Å². The standard InChI is InChI=1S/C8H11NO2/c10-7-8(1-2-8)3-6-4-11-5-9(6)7/h6H,1-5H2. The van der Waals surface area contributed by atoms with Crippen LogP contribution in [0.1, 0.15) is 19.3 Å². The van der Waals surface area contributed by atoms with E-state index in [1.54, 1.807) is 0 Å². The molecule has 0 bridgehead atoms. The van der Waals surface area contributed by atoms with Crippen LogP contribution in [0.25, 0.3) is 0 Å². The number of hydrogen-bond donors (Lipinski definition) is 0. The van der Waals surface area contributed by atoms with Gasteiger partial charge in [-0.05, 0) is 19.3 Å². The number of ether oxygens (including phenoxy) is 1. The molecular weight excluding hydrogens is 142 g/mol. The highest BCUT2D eigenvalue weighted by Crippen LogP contribution is 2.56. The molecule has 1 amide bonds. The zero-order chi connectivity index (χ0) is 7.47. The summed E-state index contributed by atoms with van der Waals surface area (Å²) in [6.45, 7) is 1.32. The number of rotatable bonds is 0. The first-order chi connectivity index (χ1) is 5.32. The SMILES string of the molecule is O=C1N2COCC2CC12CC2. The molecule has 3 rings (SSSR count). The topological polar surface area (TPSA) is 29.5 Å².